The van der Waals surface area contributed by atoms with Crippen molar-refractivity contribution in [2.75, 3.05) is 11.5 Å². The van der Waals surface area contributed by atoms with Gasteiger partial charge in [-0.3, -0.25) is 9.42 Å². The van der Waals surface area contributed by atoms with Crippen LogP contribution < -0.4 is 4.90 Å². The van der Waals surface area contributed by atoms with E-state index in [9.17, 15) is 9.36 Å². The molecule has 3 aromatic rings. The van der Waals surface area contributed by atoms with Gasteiger partial charge in [0.15, 0.2) is 5.82 Å². The van der Waals surface area contributed by atoms with Gasteiger partial charge in [0, 0.05) is 11.8 Å². The molecule has 0 bridgehead atoms. The van der Waals surface area contributed by atoms with Crippen molar-refractivity contribution < 1.29 is 28.4 Å². The molecule has 1 fully saturated rings. The third kappa shape index (κ3) is 4.10. The molecule has 13 heteroatoms. The van der Waals surface area contributed by atoms with E-state index in [1.807, 2.05) is 30.3 Å². The molecular formula is C20H17N6O6P. The summed E-state index contributed by atoms with van der Waals surface area (Å²) in [4.78, 5) is 36.1. The fourth-order valence-corrected chi connectivity index (χ4v) is 4.38. The lowest BCUT2D eigenvalue weighted by Gasteiger charge is -2.16. The number of cyclic esters (lactones) is 1. The molecule has 0 aliphatic carbocycles. The standard InChI is InChI=1S/C20H17N6O6P/c21-6-5-15-10-25(24-23-15)19-4-2-13(9-22-19)12-1-3-16-14(7-12)8-17-18(11-31-33(28,29)30)32-20(27)26(16)17/h1-4,7,9-10,17-18H,5,8,11H2,(H2,28,29,30)/t17-,18-/m0/s1. The highest BCUT2D eigenvalue weighted by Crippen LogP contribution is 2.42. The summed E-state index contributed by atoms with van der Waals surface area (Å²) < 4.78 is 22.3. The number of carbonyl (C=O) groups excluding carboxylic acids is 1. The monoisotopic (exact) mass is 468 g/mol. The van der Waals surface area contributed by atoms with Gasteiger partial charge in [0.25, 0.3) is 0 Å². The van der Waals surface area contributed by atoms with Crippen LogP contribution in [0.5, 0.6) is 0 Å². The Balaban J connectivity index is 1.35. The van der Waals surface area contributed by atoms with Gasteiger partial charge in [0.1, 0.15) is 6.10 Å². The molecule has 0 radical (unpaired) electrons. The van der Waals surface area contributed by atoms with Crippen LogP contribution in [0.4, 0.5) is 10.5 Å². The fourth-order valence-electron chi connectivity index (χ4n) is 4.04. The molecule has 168 valence electrons. The first-order chi connectivity index (χ1) is 15.8. The number of rotatable bonds is 6. The highest BCUT2D eigenvalue weighted by molar-refractivity contribution is 7.46. The summed E-state index contributed by atoms with van der Waals surface area (Å²) >= 11 is 0. The summed E-state index contributed by atoms with van der Waals surface area (Å²) in [6.45, 7) is -0.387. The molecule has 2 atom stereocenters. The summed E-state index contributed by atoms with van der Waals surface area (Å²) in [5, 5.41) is 16.7. The lowest BCUT2D eigenvalue weighted by atomic mass is 10.0. The number of amides is 1. The number of carbonyl (C=O) groups is 1. The number of nitriles is 1. The van der Waals surface area contributed by atoms with Crippen LogP contribution in [0.2, 0.25) is 0 Å². The van der Waals surface area contributed by atoms with Crippen molar-refractivity contribution in [1.29, 1.82) is 5.26 Å². The third-order valence-corrected chi connectivity index (χ3v) is 5.99. The smallest absolute Gasteiger partial charge is 0.441 e. The summed E-state index contributed by atoms with van der Waals surface area (Å²) in [7, 11) is -4.67. The van der Waals surface area contributed by atoms with E-state index in [0.29, 0.717) is 23.6 Å². The number of fused-ring (bicyclic) bond motifs is 3. The van der Waals surface area contributed by atoms with Crippen LogP contribution in [-0.4, -0.2) is 54.6 Å². The lowest BCUT2D eigenvalue weighted by molar-refractivity contribution is 0.0761. The molecule has 2 aliphatic heterocycles. The molecule has 12 nitrogen and oxygen atoms in total. The number of aromatic nitrogens is 4. The van der Waals surface area contributed by atoms with Gasteiger partial charge in [-0.1, -0.05) is 11.3 Å². The predicted octanol–water partition coefficient (Wildman–Crippen LogP) is 1.75. The van der Waals surface area contributed by atoms with E-state index < -0.39 is 26.1 Å². The molecule has 0 spiro atoms. The predicted molar refractivity (Wildman–Crippen MR) is 112 cm³/mol. The van der Waals surface area contributed by atoms with Gasteiger partial charge >= 0.3 is 13.9 Å². The average Bonchev–Trinajstić information content (AvgIpc) is 3.47. The van der Waals surface area contributed by atoms with Crippen LogP contribution in [0.3, 0.4) is 0 Å². The number of phosphoric acid groups is 1. The molecule has 4 heterocycles. The van der Waals surface area contributed by atoms with Crippen molar-refractivity contribution in [3.05, 3.63) is 54.0 Å². The Kier molecular flexibility index (Phi) is 5.19. The van der Waals surface area contributed by atoms with Gasteiger partial charge in [0.2, 0.25) is 0 Å². The van der Waals surface area contributed by atoms with E-state index in [4.69, 9.17) is 19.8 Å². The SMILES string of the molecule is N#CCc1cn(-c2ccc(-c3ccc4c(c3)C[C@H]3[C@H](COP(=O)(O)O)OC(=O)N43)cn2)nn1. The minimum atomic E-state index is -4.67. The number of phosphoric ester groups is 1. The van der Waals surface area contributed by atoms with Gasteiger partial charge in [-0.05, 0) is 41.8 Å². The second-order valence-corrected chi connectivity index (χ2v) is 8.83. The zero-order chi connectivity index (χ0) is 23.2. The number of pyridine rings is 1. The minimum Gasteiger partial charge on any atom is -0.441 e. The van der Waals surface area contributed by atoms with Gasteiger partial charge in [-0.25, -0.2) is 19.0 Å². The van der Waals surface area contributed by atoms with E-state index in [0.717, 1.165) is 16.7 Å². The Labute approximate surface area is 187 Å². The van der Waals surface area contributed by atoms with Crippen LogP contribution in [0.15, 0.2) is 42.7 Å². The second-order valence-electron chi connectivity index (χ2n) is 7.59. The summed E-state index contributed by atoms with van der Waals surface area (Å²) in [6, 6.07) is 10.9. The Morgan fingerprint density at radius 1 is 1.27 bits per heavy atom. The number of benzene rings is 1. The number of anilines is 1. The molecule has 33 heavy (non-hydrogen) atoms. The van der Waals surface area contributed by atoms with Crippen LogP contribution in [0.1, 0.15) is 11.3 Å². The molecule has 2 aliphatic rings. The largest absolute Gasteiger partial charge is 0.469 e. The minimum absolute atomic E-state index is 0.172. The Morgan fingerprint density at radius 2 is 2.09 bits per heavy atom. The van der Waals surface area contributed by atoms with Crippen molar-refractivity contribution in [2.45, 2.75) is 25.0 Å². The second kappa shape index (κ2) is 8.06. The molecule has 1 saturated heterocycles. The molecule has 0 saturated carbocycles. The number of nitrogens with zero attached hydrogens (tertiary/aromatic N) is 6. The molecule has 1 amide bonds. The molecule has 2 N–H and O–H groups in total. The Hall–Kier alpha value is -3.62. The van der Waals surface area contributed by atoms with Crippen molar-refractivity contribution >= 4 is 19.6 Å². The highest BCUT2D eigenvalue weighted by atomic mass is 31.2. The quantitative estimate of drug-likeness (QED) is 0.509. The maximum atomic E-state index is 12.3. The first kappa shape index (κ1) is 21.2. The summed E-state index contributed by atoms with van der Waals surface area (Å²) in [5.41, 5.74) is 3.93. The topological polar surface area (TPSA) is 164 Å². The highest BCUT2D eigenvalue weighted by Gasteiger charge is 2.48. The first-order valence-electron chi connectivity index (χ1n) is 9.90. The van der Waals surface area contributed by atoms with Crippen LogP contribution in [0, 0.1) is 11.3 Å². The third-order valence-electron chi connectivity index (χ3n) is 5.50. The van der Waals surface area contributed by atoms with E-state index >= 15 is 0 Å². The average molecular weight is 468 g/mol. The molecule has 1 aromatic carbocycles. The van der Waals surface area contributed by atoms with Crippen LogP contribution in [0.25, 0.3) is 16.9 Å². The van der Waals surface area contributed by atoms with Gasteiger partial charge in [-0.2, -0.15) is 5.26 Å². The van der Waals surface area contributed by atoms with Gasteiger partial charge < -0.3 is 14.5 Å². The zero-order valence-corrected chi connectivity index (χ0v) is 17.9. The van der Waals surface area contributed by atoms with E-state index in [-0.39, 0.29) is 13.0 Å². The van der Waals surface area contributed by atoms with Gasteiger partial charge in [0.05, 0.1) is 42.7 Å². The summed E-state index contributed by atoms with van der Waals surface area (Å²) in [6.07, 6.45) is 2.64. The zero-order valence-electron chi connectivity index (χ0n) is 17.0. The van der Waals surface area contributed by atoms with Crippen LogP contribution in [-0.2, 0) is 26.7 Å². The number of hydrogen-bond acceptors (Lipinski definition) is 8. The lowest BCUT2D eigenvalue weighted by Crippen LogP contribution is -2.35. The van der Waals surface area contributed by atoms with Crippen molar-refractivity contribution in [3.8, 4) is 23.0 Å². The maximum Gasteiger partial charge on any atom is 0.469 e. The van der Waals surface area contributed by atoms with Crippen LogP contribution >= 0.6 is 7.82 Å². The van der Waals surface area contributed by atoms with E-state index in [2.05, 4.69) is 19.8 Å². The van der Waals surface area contributed by atoms with Gasteiger partial charge in [-0.15, -0.1) is 5.10 Å². The Bertz CT molecular complexity index is 1310. The fraction of sp³-hybridized carbons (Fsp3) is 0.250. The normalized spacial score (nSPS) is 19.2. The van der Waals surface area contributed by atoms with E-state index in [1.54, 1.807) is 18.5 Å². The Morgan fingerprint density at radius 3 is 2.82 bits per heavy atom. The molecule has 2 aromatic heterocycles. The van der Waals surface area contributed by atoms with Crippen molar-refractivity contribution in [3.63, 3.8) is 0 Å². The molecular weight excluding hydrogens is 451 g/mol. The van der Waals surface area contributed by atoms with E-state index in [1.165, 1.54) is 9.58 Å². The van der Waals surface area contributed by atoms with Crippen molar-refractivity contribution in [2.24, 2.45) is 0 Å². The number of hydrogen-bond donors (Lipinski definition) is 2. The maximum absolute atomic E-state index is 12.3. The summed E-state index contributed by atoms with van der Waals surface area (Å²) in [5.74, 6) is 0.563. The molecule has 5 rings (SSSR count). The first-order valence-corrected chi connectivity index (χ1v) is 11.4. The van der Waals surface area contributed by atoms with Crippen molar-refractivity contribution in [1.82, 2.24) is 20.0 Å². The number of ether oxygens (including phenoxy) is 1. The molecule has 0 unspecified atom stereocenters.